The fraction of sp³-hybridized carbons (Fsp3) is 0.600. The van der Waals surface area contributed by atoms with Gasteiger partial charge in [-0.1, -0.05) is 5.16 Å². The molecule has 1 aliphatic heterocycles. The molecular formula is C25H31N7O5S. The average Bonchev–Trinajstić information content (AvgIpc) is 3.54. The first-order chi connectivity index (χ1) is 18.2. The monoisotopic (exact) mass is 541 g/mol. The summed E-state index contributed by atoms with van der Waals surface area (Å²) in [6.45, 7) is 0.989. The molecule has 0 radical (unpaired) electrons. The first kappa shape index (κ1) is 24.0. The first-order valence-electron chi connectivity index (χ1n) is 13.2. The summed E-state index contributed by atoms with van der Waals surface area (Å²) in [7, 11) is -3.30. The highest BCUT2D eigenvalue weighted by atomic mass is 32.2. The van der Waals surface area contributed by atoms with Crippen LogP contribution in [0, 0.1) is 17.8 Å². The molecule has 8 rings (SSSR count). The normalized spacial score (nSPS) is 31.3. The zero-order valence-corrected chi connectivity index (χ0v) is 21.9. The third-order valence-corrected chi connectivity index (χ3v) is 10.3. The molecule has 5 atom stereocenters. The van der Waals surface area contributed by atoms with E-state index in [-0.39, 0.29) is 43.9 Å². The number of fused-ring (bicyclic) bond motifs is 1. The summed E-state index contributed by atoms with van der Waals surface area (Å²) in [4.78, 5) is 26.8. The van der Waals surface area contributed by atoms with Gasteiger partial charge in [-0.15, -0.1) is 0 Å². The standard InChI is InChI=1S/C25H31N7O5S/c1-38(35,36)32-6-4-31(5-7-32)24(33)22-29-23(37-30-22)18-13-27-21-17(2-3-26-21)20(18)28-19-15-8-14-9-16(19)12-25(34,10-14)11-15/h2-3,13-16,19,34H,4-12H2,1H3,(H2,26,27,28)/t14?,15-,16+,19+,25-. The Hall–Kier alpha value is -3.03. The molecule has 3 aromatic heterocycles. The van der Waals surface area contributed by atoms with Gasteiger partial charge in [0.05, 0.1) is 23.1 Å². The SMILES string of the molecule is CS(=O)(=O)N1CCN(C(=O)c2noc(-c3cnc4[nH]ccc4c3N[C@H]3[C@@H]4CC5C[C@H]3C[C@@](O)(C5)C4)n2)CC1. The quantitative estimate of drug-likeness (QED) is 0.437. The number of H-pyrrole nitrogens is 1. The van der Waals surface area contributed by atoms with Crippen LogP contribution in [-0.2, 0) is 10.0 Å². The number of pyridine rings is 1. The number of amides is 1. The number of hydrogen-bond donors (Lipinski definition) is 3. The van der Waals surface area contributed by atoms with Crippen molar-refractivity contribution in [1.29, 1.82) is 0 Å². The van der Waals surface area contributed by atoms with E-state index in [0.29, 0.717) is 23.3 Å². The van der Waals surface area contributed by atoms with Gasteiger partial charge in [0.15, 0.2) is 0 Å². The molecule has 1 amide bonds. The highest BCUT2D eigenvalue weighted by Gasteiger charge is 2.54. The predicted molar refractivity (Wildman–Crippen MR) is 138 cm³/mol. The number of nitrogens with one attached hydrogen (secondary N) is 2. The van der Waals surface area contributed by atoms with Crippen LogP contribution in [0.2, 0.25) is 0 Å². The van der Waals surface area contributed by atoms with E-state index in [1.807, 2.05) is 12.3 Å². The van der Waals surface area contributed by atoms with Crippen molar-refractivity contribution in [2.45, 2.75) is 43.7 Å². The Kier molecular flexibility index (Phi) is 5.37. The Labute approximate surface area is 219 Å². The Balaban J connectivity index is 1.16. The van der Waals surface area contributed by atoms with Gasteiger partial charge < -0.3 is 24.8 Å². The maximum Gasteiger partial charge on any atom is 0.295 e. The maximum absolute atomic E-state index is 13.1. The zero-order valence-electron chi connectivity index (χ0n) is 21.1. The second kappa shape index (κ2) is 8.48. The lowest BCUT2D eigenvalue weighted by molar-refractivity contribution is -0.129. The molecule has 202 valence electrons. The number of piperazine rings is 1. The van der Waals surface area contributed by atoms with Gasteiger partial charge >= 0.3 is 0 Å². The van der Waals surface area contributed by atoms with E-state index in [2.05, 4.69) is 25.4 Å². The van der Waals surface area contributed by atoms with Gasteiger partial charge in [0, 0.05) is 50.0 Å². The molecule has 3 aromatic rings. The van der Waals surface area contributed by atoms with E-state index in [1.54, 1.807) is 11.1 Å². The summed E-state index contributed by atoms with van der Waals surface area (Å²) in [6, 6.07) is 2.18. The molecule has 13 heteroatoms. The van der Waals surface area contributed by atoms with Gasteiger partial charge in [-0.05, 0) is 55.9 Å². The Morgan fingerprint density at radius 2 is 1.92 bits per heavy atom. The van der Waals surface area contributed by atoms with Crippen LogP contribution in [0.1, 0.15) is 42.7 Å². The van der Waals surface area contributed by atoms with E-state index in [0.717, 1.165) is 48.8 Å². The summed E-state index contributed by atoms with van der Waals surface area (Å²) < 4.78 is 30.5. The predicted octanol–water partition coefficient (Wildman–Crippen LogP) is 1.68. The number of carbonyl (C=O) groups excluding carboxylic acids is 1. The van der Waals surface area contributed by atoms with Crippen LogP contribution in [0.3, 0.4) is 0 Å². The largest absolute Gasteiger partial charge is 0.390 e. The molecular weight excluding hydrogens is 510 g/mol. The number of rotatable bonds is 5. The van der Waals surface area contributed by atoms with E-state index >= 15 is 0 Å². The number of nitrogens with zero attached hydrogens (tertiary/aromatic N) is 5. The molecule has 0 spiro atoms. The van der Waals surface area contributed by atoms with Crippen molar-refractivity contribution < 1.29 is 22.8 Å². The molecule has 38 heavy (non-hydrogen) atoms. The smallest absolute Gasteiger partial charge is 0.295 e. The summed E-state index contributed by atoms with van der Waals surface area (Å²) in [5, 5.41) is 19.7. The van der Waals surface area contributed by atoms with E-state index in [9.17, 15) is 18.3 Å². The molecule has 3 N–H and O–H groups in total. The highest BCUT2D eigenvalue weighted by molar-refractivity contribution is 7.88. The van der Waals surface area contributed by atoms with Gasteiger partial charge in [0.2, 0.25) is 10.0 Å². The minimum atomic E-state index is -3.30. The molecule has 4 aliphatic carbocycles. The summed E-state index contributed by atoms with van der Waals surface area (Å²) in [5.41, 5.74) is 1.68. The Bertz CT molecular complexity index is 1490. The molecule has 5 fully saturated rings. The average molecular weight is 542 g/mol. The van der Waals surface area contributed by atoms with Gasteiger partial charge in [-0.25, -0.2) is 13.4 Å². The molecule has 1 unspecified atom stereocenters. The molecule has 4 saturated carbocycles. The zero-order chi connectivity index (χ0) is 26.2. The highest BCUT2D eigenvalue weighted by Crippen LogP contribution is 2.56. The first-order valence-corrected chi connectivity index (χ1v) is 15.1. The van der Waals surface area contributed by atoms with Gasteiger partial charge in [0.1, 0.15) is 5.65 Å². The third-order valence-electron chi connectivity index (χ3n) is 8.98. The fourth-order valence-corrected chi connectivity index (χ4v) is 8.32. The molecule has 0 aromatic carbocycles. The topological polar surface area (TPSA) is 158 Å². The Morgan fingerprint density at radius 1 is 1.18 bits per heavy atom. The Morgan fingerprint density at radius 3 is 2.61 bits per heavy atom. The van der Waals surface area contributed by atoms with Crippen LogP contribution < -0.4 is 5.32 Å². The second-order valence-corrected chi connectivity index (χ2v) is 13.5. The number of anilines is 1. The number of aliphatic hydroxyl groups is 1. The molecule has 4 bridgehead atoms. The van der Waals surface area contributed by atoms with Crippen molar-refractivity contribution in [3.05, 3.63) is 24.3 Å². The van der Waals surface area contributed by atoms with Gasteiger partial charge in [0.25, 0.3) is 17.6 Å². The lowest BCUT2D eigenvalue weighted by Gasteiger charge is -2.58. The minimum absolute atomic E-state index is 0.0650. The van der Waals surface area contributed by atoms with Crippen molar-refractivity contribution >= 4 is 32.7 Å². The fourth-order valence-electron chi connectivity index (χ4n) is 7.49. The number of aromatic nitrogens is 4. The van der Waals surface area contributed by atoms with Crippen LogP contribution in [-0.4, -0.2) is 92.8 Å². The number of hydrogen-bond acceptors (Lipinski definition) is 9. The molecule has 12 nitrogen and oxygen atoms in total. The van der Waals surface area contributed by atoms with E-state index < -0.39 is 21.5 Å². The number of sulfonamides is 1. The summed E-state index contributed by atoms with van der Waals surface area (Å²) in [6.07, 6.45) is 9.50. The lowest BCUT2D eigenvalue weighted by Crippen LogP contribution is -2.59. The summed E-state index contributed by atoms with van der Waals surface area (Å²) in [5.74, 6) is 1.13. The van der Waals surface area contributed by atoms with Crippen molar-refractivity contribution in [1.82, 2.24) is 29.3 Å². The second-order valence-electron chi connectivity index (χ2n) is 11.5. The van der Waals surface area contributed by atoms with Crippen molar-refractivity contribution in [3.8, 4) is 11.5 Å². The molecule has 1 saturated heterocycles. The molecule has 5 aliphatic rings. The van der Waals surface area contributed by atoms with Crippen molar-refractivity contribution in [2.24, 2.45) is 17.8 Å². The molecule has 4 heterocycles. The van der Waals surface area contributed by atoms with Crippen LogP contribution in [0.25, 0.3) is 22.5 Å². The minimum Gasteiger partial charge on any atom is -0.390 e. The van der Waals surface area contributed by atoms with Crippen LogP contribution >= 0.6 is 0 Å². The maximum atomic E-state index is 13.1. The third kappa shape index (κ3) is 3.98. The number of carbonyl (C=O) groups is 1. The van der Waals surface area contributed by atoms with Crippen molar-refractivity contribution in [3.63, 3.8) is 0 Å². The van der Waals surface area contributed by atoms with Gasteiger partial charge in [-0.2, -0.15) is 9.29 Å². The van der Waals surface area contributed by atoms with Crippen LogP contribution in [0.4, 0.5) is 5.69 Å². The van der Waals surface area contributed by atoms with Crippen LogP contribution in [0.5, 0.6) is 0 Å². The number of aromatic amines is 1. The van der Waals surface area contributed by atoms with E-state index in [4.69, 9.17) is 4.52 Å². The summed E-state index contributed by atoms with van der Waals surface area (Å²) >= 11 is 0. The van der Waals surface area contributed by atoms with E-state index in [1.165, 1.54) is 10.6 Å². The lowest BCUT2D eigenvalue weighted by atomic mass is 9.52. The van der Waals surface area contributed by atoms with Crippen molar-refractivity contribution in [2.75, 3.05) is 37.8 Å². The van der Waals surface area contributed by atoms with Crippen LogP contribution in [0.15, 0.2) is 23.0 Å². The van der Waals surface area contributed by atoms with Gasteiger partial charge in [-0.3, -0.25) is 4.79 Å².